The minimum absolute atomic E-state index is 0.495. The molecule has 0 aliphatic carbocycles. The molecule has 0 saturated heterocycles. The highest BCUT2D eigenvalue weighted by atomic mass is 79.9. The smallest absolute Gasteiger partial charge is 0.0589 e. The Kier molecular flexibility index (Phi) is 5.95. The van der Waals surface area contributed by atoms with E-state index in [9.17, 15) is 0 Å². The Morgan fingerprint density at radius 2 is 2.12 bits per heavy atom. The highest BCUT2D eigenvalue weighted by Gasteiger charge is 2.11. The van der Waals surface area contributed by atoms with Crippen LogP contribution < -0.4 is 5.73 Å². The normalized spacial score (nSPS) is 11.4. The van der Waals surface area contributed by atoms with Gasteiger partial charge in [0.15, 0.2) is 0 Å². The summed E-state index contributed by atoms with van der Waals surface area (Å²) in [7, 11) is 1.73. The number of benzene rings is 1. The molecule has 0 aliphatic rings. The molecule has 1 aromatic rings. The first-order chi connectivity index (χ1) is 8.04. The monoisotopic (exact) mass is 300 g/mol. The quantitative estimate of drug-likeness (QED) is 0.821. The summed E-state index contributed by atoms with van der Waals surface area (Å²) < 4.78 is 6.21. The third-order valence-electron chi connectivity index (χ3n) is 2.76. The number of nitrogen functional groups attached to an aromatic ring is 1. The highest BCUT2D eigenvalue weighted by molar-refractivity contribution is 9.10. The summed E-state index contributed by atoms with van der Waals surface area (Å²) in [6.07, 6.45) is 0. The van der Waals surface area contributed by atoms with Gasteiger partial charge in [0.05, 0.1) is 6.61 Å². The van der Waals surface area contributed by atoms with E-state index in [-0.39, 0.29) is 0 Å². The van der Waals surface area contributed by atoms with Crippen LogP contribution in [0, 0.1) is 0 Å². The molecule has 0 atom stereocenters. The van der Waals surface area contributed by atoms with E-state index in [1.165, 1.54) is 5.56 Å². The molecule has 0 bridgehead atoms. The number of anilines is 1. The second kappa shape index (κ2) is 6.99. The van der Waals surface area contributed by atoms with Crippen molar-refractivity contribution >= 4 is 21.6 Å². The van der Waals surface area contributed by atoms with E-state index >= 15 is 0 Å². The van der Waals surface area contributed by atoms with E-state index in [2.05, 4.69) is 40.7 Å². The molecule has 0 heterocycles. The zero-order valence-electron chi connectivity index (χ0n) is 10.7. The highest BCUT2D eigenvalue weighted by Crippen LogP contribution is 2.22. The molecule has 96 valence electrons. The van der Waals surface area contributed by atoms with Crippen LogP contribution in [0.3, 0.4) is 0 Å². The molecule has 0 aliphatic heterocycles. The summed E-state index contributed by atoms with van der Waals surface area (Å²) in [4.78, 5) is 2.37. The van der Waals surface area contributed by atoms with Gasteiger partial charge in [-0.25, -0.2) is 0 Å². The van der Waals surface area contributed by atoms with Crippen molar-refractivity contribution in [2.75, 3.05) is 26.0 Å². The SMILES string of the molecule is COCCN(Cc1ccc(N)cc1Br)C(C)C. The van der Waals surface area contributed by atoms with Crippen molar-refractivity contribution in [3.8, 4) is 0 Å². The van der Waals surface area contributed by atoms with Crippen molar-refractivity contribution in [1.29, 1.82) is 0 Å². The Balaban J connectivity index is 2.71. The lowest BCUT2D eigenvalue weighted by Crippen LogP contribution is -2.33. The van der Waals surface area contributed by atoms with Gasteiger partial charge < -0.3 is 10.5 Å². The van der Waals surface area contributed by atoms with Crippen LogP contribution in [0.2, 0.25) is 0 Å². The number of nitrogens with zero attached hydrogens (tertiary/aromatic N) is 1. The van der Waals surface area contributed by atoms with Crippen LogP contribution in [0.1, 0.15) is 19.4 Å². The van der Waals surface area contributed by atoms with Gasteiger partial charge in [-0.05, 0) is 31.5 Å². The van der Waals surface area contributed by atoms with Crippen molar-refractivity contribution in [2.24, 2.45) is 0 Å². The largest absolute Gasteiger partial charge is 0.399 e. The maximum absolute atomic E-state index is 5.73. The summed E-state index contributed by atoms with van der Waals surface area (Å²) >= 11 is 3.55. The van der Waals surface area contributed by atoms with Crippen molar-refractivity contribution in [3.05, 3.63) is 28.2 Å². The first-order valence-electron chi connectivity index (χ1n) is 5.81. The second-order valence-corrected chi connectivity index (χ2v) is 5.26. The summed E-state index contributed by atoms with van der Waals surface area (Å²) in [5.41, 5.74) is 7.77. The number of hydrogen-bond acceptors (Lipinski definition) is 3. The summed E-state index contributed by atoms with van der Waals surface area (Å²) in [6.45, 7) is 6.99. The number of nitrogens with two attached hydrogens (primary N) is 1. The molecule has 0 amide bonds. The van der Waals surface area contributed by atoms with E-state index in [1.54, 1.807) is 7.11 Å². The average Bonchev–Trinajstić information content (AvgIpc) is 2.26. The van der Waals surface area contributed by atoms with Gasteiger partial charge in [-0.2, -0.15) is 0 Å². The standard InChI is InChI=1S/C13H21BrN2O/c1-10(2)16(6-7-17-3)9-11-4-5-12(15)8-13(11)14/h4-5,8,10H,6-7,9,15H2,1-3H3. The molecule has 0 aromatic heterocycles. The number of ether oxygens (including phenoxy) is 1. The minimum Gasteiger partial charge on any atom is -0.399 e. The molecule has 0 saturated carbocycles. The first kappa shape index (κ1) is 14.5. The van der Waals surface area contributed by atoms with Crippen molar-refractivity contribution < 1.29 is 4.74 Å². The van der Waals surface area contributed by atoms with E-state index < -0.39 is 0 Å². The van der Waals surface area contributed by atoms with Gasteiger partial charge in [0.1, 0.15) is 0 Å². The van der Waals surface area contributed by atoms with Gasteiger partial charge in [0.25, 0.3) is 0 Å². The molecule has 4 heteroatoms. The number of rotatable bonds is 6. The maximum Gasteiger partial charge on any atom is 0.0589 e. The molecule has 0 unspecified atom stereocenters. The Morgan fingerprint density at radius 3 is 2.65 bits per heavy atom. The number of halogens is 1. The third kappa shape index (κ3) is 4.66. The molecule has 2 N–H and O–H groups in total. The molecule has 1 aromatic carbocycles. The van der Waals surface area contributed by atoms with Crippen molar-refractivity contribution in [1.82, 2.24) is 4.90 Å². The zero-order chi connectivity index (χ0) is 12.8. The van der Waals surface area contributed by atoms with Crippen LogP contribution in [-0.2, 0) is 11.3 Å². The molecule has 3 nitrogen and oxygen atoms in total. The zero-order valence-corrected chi connectivity index (χ0v) is 12.3. The van der Waals surface area contributed by atoms with E-state index in [1.807, 2.05) is 12.1 Å². The van der Waals surface area contributed by atoms with Gasteiger partial charge in [0, 0.05) is 36.4 Å². The van der Waals surface area contributed by atoms with Crippen LogP contribution in [0.5, 0.6) is 0 Å². The fourth-order valence-electron chi connectivity index (χ4n) is 1.64. The van der Waals surface area contributed by atoms with Gasteiger partial charge in [-0.1, -0.05) is 22.0 Å². The summed E-state index contributed by atoms with van der Waals surface area (Å²) in [5.74, 6) is 0. The van der Waals surface area contributed by atoms with Crippen molar-refractivity contribution in [3.63, 3.8) is 0 Å². The fraction of sp³-hybridized carbons (Fsp3) is 0.538. The third-order valence-corrected chi connectivity index (χ3v) is 3.50. The molecular formula is C13H21BrN2O. The maximum atomic E-state index is 5.73. The molecule has 0 spiro atoms. The van der Waals surface area contributed by atoms with Gasteiger partial charge in [-0.15, -0.1) is 0 Å². The Bertz CT molecular complexity index is 355. The minimum atomic E-state index is 0.495. The second-order valence-electron chi connectivity index (χ2n) is 4.41. The number of hydrogen-bond donors (Lipinski definition) is 1. The first-order valence-corrected chi connectivity index (χ1v) is 6.60. The van der Waals surface area contributed by atoms with Crippen LogP contribution in [0.25, 0.3) is 0 Å². The number of methoxy groups -OCH3 is 1. The molecular weight excluding hydrogens is 280 g/mol. The molecule has 17 heavy (non-hydrogen) atoms. The topological polar surface area (TPSA) is 38.5 Å². The molecule has 1 rings (SSSR count). The van der Waals surface area contributed by atoms with E-state index in [0.29, 0.717) is 6.04 Å². The van der Waals surface area contributed by atoms with Gasteiger partial charge >= 0.3 is 0 Å². The summed E-state index contributed by atoms with van der Waals surface area (Å²) in [5, 5.41) is 0. The Hall–Kier alpha value is -0.580. The lowest BCUT2D eigenvalue weighted by molar-refractivity contribution is 0.125. The predicted molar refractivity (Wildman–Crippen MR) is 76.0 cm³/mol. The fourth-order valence-corrected chi connectivity index (χ4v) is 2.16. The molecule has 0 radical (unpaired) electrons. The van der Waals surface area contributed by atoms with E-state index in [4.69, 9.17) is 10.5 Å². The Morgan fingerprint density at radius 1 is 1.41 bits per heavy atom. The van der Waals surface area contributed by atoms with Crippen LogP contribution >= 0.6 is 15.9 Å². The van der Waals surface area contributed by atoms with Crippen LogP contribution in [0.15, 0.2) is 22.7 Å². The van der Waals surface area contributed by atoms with E-state index in [0.717, 1.165) is 29.9 Å². The lowest BCUT2D eigenvalue weighted by Gasteiger charge is -2.26. The predicted octanol–water partition coefficient (Wildman–Crippen LogP) is 2.89. The van der Waals surface area contributed by atoms with Crippen LogP contribution in [-0.4, -0.2) is 31.2 Å². The van der Waals surface area contributed by atoms with Crippen LogP contribution in [0.4, 0.5) is 5.69 Å². The van der Waals surface area contributed by atoms with Crippen molar-refractivity contribution in [2.45, 2.75) is 26.4 Å². The molecule has 0 fully saturated rings. The Labute approximate surface area is 112 Å². The van der Waals surface area contributed by atoms with Gasteiger partial charge in [0.2, 0.25) is 0 Å². The summed E-state index contributed by atoms with van der Waals surface area (Å²) in [6, 6.07) is 6.45. The van der Waals surface area contributed by atoms with Gasteiger partial charge in [-0.3, -0.25) is 4.90 Å². The average molecular weight is 301 g/mol. The lowest BCUT2D eigenvalue weighted by atomic mass is 10.1.